The van der Waals surface area contributed by atoms with Crippen LogP contribution in [0.3, 0.4) is 0 Å². The van der Waals surface area contributed by atoms with Gasteiger partial charge in [-0.1, -0.05) is 0 Å². The lowest BCUT2D eigenvalue weighted by molar-refractivity contribution is 0.0435. The third-order valence-corrected chi connectivity index (χ3v) is 2.04. The second-order valence-electron chi connectivity index (χ2n) is 3.52. The lowest BCUT2D eigenvalue weighted by Gasteiger charge is -2.09. The zero-order valence-corrected chi connectivity index (χ0v) is 9.69. The highest BCUT2D eigenvalue weighted by Crippen LogP contribution is 2.01. The molecule has 2 N–H and O–H groups in total. The minimum atomic E-state index is -0.519. The molecule has 0 saturated carbocycles. The smallest absolute Gasteiger partial charge is 0.434 e. The van der Waals surface area contributed by atoms with E-state index in [1.807, 2.05) is 0 Å². The van der Waals surface area contributed by atoms with Gasteiger partial charge in [0.05, 0.1) is 13.2 Å². The summed E-state index contributed by atoms with van der Waals surface area (Å²) in [5.74, 6) is 0. The van der Waals surface area contributed by atoms with Crippen molar-refractivity contribution < 1.29 is 24.5 Å². The Labute approximate surface area is 96.4 Å². The van der Waals surface area contributed by atoms with Crippen molar-refractivity contribution in [3.63, 3.8) is 0 Å². The van der Waals surface area contributed by atoms with E-state index in [0.717, 1.165) is 38.5 Å². The Balaban J connectivity index is 0.000000293. The van der Waals surface area contributed by atoms with Crippen molar-refractivity contribution in [1.82, 2.24) is 0 Å². The lowest BCUT2D eigenvalue weighted by Crippen LogP contribution is -2.12. The van der Waals surface area contributed by atoms with Crippen LogP contribution in [0, 0.1) is 0 Å². The van der Waals surface area contributed by atoms with Crippen LogP contribution in [0.5, 0.6) is 0 Å². The lowest BCUT2D eigenvalue weighted by atomic mass is 10.2. The Hall–Kier alpha value is -0.810. The van der Waals surface area contributed by atoms with Crippen molar-refractivity contribution in [3.8, 4) is 0 Å². The molecule has 0 atom stereocenters. The van der Waals surface area contributed by atoms with E-state index in [-0.39, 0.29) is 13.2 Å². The van der Waals surface area contributed by atoms with Crippen LogP contribution in [-0.2, 0) is 9.47 Å². The first-order valence-corrected chi connectivity index (χ1v) is 5.82. The van der Waals surface area contributed by atoms with Gasteiger partial charge < -0.3 is 19.7 Å². The van der Waals surface area contributed by atoms with Crippen molar-refractivity contribution in [2.45, 2.75) is 38.5 Å². The molecule has 0 radical (unpaired) electrons. The summed E-state index contributed by atoms with van der Waals surface area (Å²) in [6.45, 7) is 1.53. The fourth-order valence-electron chi connectivity index (χ4n) is 1.13. The highest BCUT2D eigenvalue weighted by atomic mass is 16.7. The predicted octanol–water partition coefficient (Wildman–Crippen LogP) is 1.46. The van der Waals surface area contributed by atoms with E-state index in [9.17, 15) is 4.79 Å². The average Bonchev–Trinajstić information content (AvgIpc) is 2.25. The summed E-state index contributed by atoms with van der Waals surface area (Å²) in [5.41, 5.74) is 0. The maximum atomic E-state index is 10.4. The Morgan fingerprint density at radius 3 is 1.81 bits per heavy atom. The van der Waals surface area contributed by atoms with Gasteiger partial charge in [-0.15, -0.1) is 0 Å². The topological polar surface area (TPSA) is 76.0 Å². The standard InChI is InChI=1S/C6H10O3.C5H12O2/c7-6-8-4-2-1-3-5-9-6;6-4-2-1-3-5-7/h1-5H2;6-7H,1-5H2. The van der Waals surface area contributed by atoms with Crippen molar-refractivity contribution in [2.24, 2.45) is 0 Å². The number of carbonyl (C=O) groups excluding carboxylic acids is 1. The molecule has 0 bridgehead atoms. The Morgan fingerprint density at radius 1 is 0.875 bits per heavy atom. The Bertz CT molecular complexity index is 146. The summed E-state index contributed by atoms with van der Waals surface area (Å²) in [6.07, 6.45) is 5.08. The number of hydrogen-bond acceptors (Lipinski definition) is 5. The Kier molecular flexibility index (Phi) is 11.6. The normalized spacial score (nSPS) is 16.0. The van der Waals surface area contributed by atoms with Crippen LogP contribution in [0.4, 0.5) is 4.79 Å². The van der Waals surface area contributed by atoms with E-state index in [2.05, 4.69) is 9.47 Å². The van der Waals surface area contributed by atoms with E-state index < -0.39 is 6.16 Å². The van der Waals surface area contributed by atoms with Crippen LogP contribution in [0.1, 0.15) is 38.5 Å². The molecule has 1 rings (SSSR count). The molecule has 1 fully saturated rings. The fraction of sp³-hybridized carbons (Fsp3) is 0.909. The SMILES string of the molecule is O=C1OCCCCCO1.OCCCCCO. The monoisotopic (exact) mass is 234 g/mol. The molecule has 1 saturated heterocycles. The first kappa shape index (κ1) is 15.2. The summed E-state index contributed by atoms with van der Waals surface area (Å²) in [5, 5.41) is 16.4. The highest BCUT2D eigenvalue weighted by Gasteiger charge is 2.05. The van der Waals surface area contributed by atoms with Gasteiger partial charge in [-0.2, -0.15) is 0 Å². The second kappa shape index (κ2) is 12.3. The number of cyclic esters (lactones) is 2. The quantitative estimate of drug-likeness (QED) is 0.569. The Morgan fingerprint density at radius 2 is 1.38 bits per heavy atom. The molecule has 0 aliphatic carbocycles. The summed E-state index contributed by atoms with van der Waals surface area (Å²) >= 11 is 0. The third-order valence-electron chi connectivity index (χ3n) is 2.04. The van der Waals surface area contributed by atoms with Crippen molar-refractivity contribution in [1.29, 1.82) is 0 Å². The maximum absolute atomic E-state index is 10.4. The zero-order valence-electron chi connectivity index (χ0n) is 9.69. The van der Waals surface area contributed by atoms with Gasteiger partial charge in [0.1, 0.15) is 0 Å². The average molecular weight is 234 g/mol. The molecule has 1 aliphatic heterocycles. The molecule has 0 spiro atoms. The molecule has 16 heavy (non-hydrogen) atoms. The molecule has 0 aromatic rings. The summed E-state index contributed by atoms with van der Waals surface area (Å²) in [6, 6.07) is 0. The fourth-order valence-corrected chi connectivity index (χ4v) is 1.13. The molecular formula is C11H22O5. The largest absolute Gasteiger partial charge is 0.508 e. The van der Waals surface area contributed by atoms with E-state index in [1.54, 1.807) is 0 Å². The number of aliphatic hydroxyl groups is 2. The van der Waals surface area contributed by atoms with Crippen LogP contribution in [0.15, 0.2) is 0 Å². The van der Waals surface area contributed by atoms with Gasteiger partial charge >= 0.3 is 6.16 Å². The number of hydrogen-bond donors (Lipinski definition) is 2. The van der Waals surface area contributed by atoms with Crippen LogP contribution in [0.2, 0.25) is 0 Å². The van der Waals surface area contributed by atoms with Crippen LogP contribution < -0.4 is 0 Å². The van der Waals surface area contributed by atoms with E-state index in [0.29, 0.717) is 13.2 Å². The number of ether oxygens (including phenoxy) is 2. The molecule has 0 unspecified atom stereocenters. The number of unbranched alkanes of at least 4 members (excludes halogenated alkanes) is 2. The minimum Gasteiger partial charge on any atom is -0.434 e. The van der Waals surface area contributed by atoms with Gasteiger partial charge in [-0.3, -0.25) is 0 Å². The van der Waals surface area contributed by atoms with Gasteiger partial charge in [0, 0.05) is 13.2 Å². The van der Waals surface area contributed by atoms with Gasteiger partial charge in [0.25, 0.3) is 0 Å². The summed E-state index contributed by atoms with van der Waals surface area (Å²) in [7, 11) is 0. The van der Waals surface area contributed by atoms with Crippen LogP contribution >= 0.6 is 0 Å². The van der Waals surface area contributed by atoms with Crippen molar-refractivity contribution >= 4 is 6.16 Å². The van der Waals surface area contributed by atoms with Gasteiger partial charge in [0.2, 0.25) is 0 Å². The molecular weight excluding hydrogens is 212 g/mol. The minimum absolute atomic E-state index is 0.250. The first-order chi connectivity index (χ1) is 7.81. The van der Waals surface area contributed by atoms with Gasteiger partial charge in [-0.25, -0.2) is 4.79 Å². The molecule has 0 amide bonds. The van der Waals surface area contributed by atoms with Gasteiger partial charge in [-0.05, 0) is 38.5 Å². The van der Waals surface area contributed by atoms with Crippen LogP contribution in [0.25, 0.3) is 0 Å². The molecule has 5 nitrogen and oxygen atoms in total. The third kappa shape index (κ3) is 11.3. The highest BCUT2D eigenvalue weighted by molar-refractivity contribution is 5.59. The molecule has 0 aromatic heterocycles. The van der Waals surface area contributed by atoms with Crippen molar-refractivity contribution in [3.05, 3.63) is 0 Å². The summed E-state index contributed by atoms with van der Waals surface area (Å²) < 4.78 is 9.24. The molecule has 96 valence electrons. The molecule has 1 aliphatic rings. The molecule has 1 heterocycles. The molecule has 0 aromatic carbocycles. The number of rotatable bonds is 4. The zero-order chi connectivity index (χ0) is 12.1. The number of carbonyl (C=O) groups is 1. The van der Waals surface area contributed by atoms with E-state index in [1.165, 1.54) is 0 Å². The van der Waals surface area contributed by atoms with Crippen molar-refractivity contribution in [2.75, 3.05) is 26.4 Å². The second-order valence-corrected chi connectivity index (χ2v) is 3.52. The van der Waals surface area contributed by atoms with Crippen LogP contribution in [-0.4, -0.2) is 42.8 Å². The summed E-state index contributed by atoms with van der Waals surface area (Å²) in [4.78, 5) is 10.4. The molecule has 5 heteroatoms. The number of aliphatic hydroxyl groups excluding tert-OH is 2. The predicted molar refractivity (Wildman–Crippen MR) is 59.2 cm³/mol. The first-order valence-electron chi connectivity index (χ1n) is 5.82. The van der Waals surface area contributed by atoms with Gasteiger partial charge in [0.15, 0.2) is 0 Å². The van der Waals surface area contributed by atoms with E-state index >= 15 is 0 Å². The van der Waals surface area contributed by atoms with E-state index in [4.69, 9.17) is 10.2 Å². The maximum Gasteiger partial charge on any atom is 0.508 e.